The molecule has 0 radical (unpaired) electrons. The minimum atomic E-state index is -0.204. The molecule has 0 fully saturated rings. The molecule has 0 N–H and O–H groups in total. The molecule has 0 amide bonds. The number of ether oxygens (including phenoxy) is 1. The standard InChI is InChI=1S/C20H17N3O2S.Na/c1-25-13-15-11-19(24)23-20(22-15)18(12-21-23)14-7-9-17(10-8-14)26-16-5-3-2-4-6-16;/h2-12,24H,13H2,1H3;/q;+1/p-1. The Morgan fingerprint density at radius 3 is 2.44 bits per heavy atom. The van der Waals surface area contributed by atoms with Gasteiger partial charge in [-0.05, 0) is 41.8 Å². The molecule has 2 aromatic heterocycles. The Labute approximate surface area is 183 Å². The van der Waals surface area contributed by atoms with Crippen molar-refractivity contribution in [2.45, 2.75) is 16.4 Å². The number of benzene rings is 2. The minimum absolute atomic E-state index is 0. The average molecular weight is 385 g/mol. The average Bonchev–Trinajstić information content (AvgIpc) is 3.08. The number of methoxy groups -OCH3 is 1. The van der Waals surface area contributed by atoms with Gasteiger partial charge < -0.3 is 9.84 Å². The molecule has 2 aromatic carbocycles. The third-order valence-electron chi connectivity index (χ3n) is 3.93. The fourth-order valence-corrected chi connectivity index (χ4v) is 3.57. The Hall–Kier alpha value is -1.83. The van der Waals surface area contributed by atoms with Crippen molar-refractivity contribution >= 4 is 17.4 Å². The molecule has 0 aliphatic carbocycles. The van der Waals surface area contributed by atoms with E-state index in [-0.39, 0.29) is 35.4 Å². The Bertz CT molecular complexity index is 1040. The van der Waals surface area contributed by atoms with Gasteiger partial charge >= 0.3 is 29.6 Å². The topological polar surface area (TPSA) is 62.5 Å². The Morgan fingerprint density at radius 1 is 1.04 bits per heavy atom. The molecule has 0 spiro atoms. The van der Waals surface area contributed by atoms with Gasteiger partial charge in [0.05, 0.1) is 18.5 Å². The molecule has 0 aliphatic rings. The van der Waals surface area contributed by atoms with E-state index in [2.05, 4.69) is 34.3 Å². The van der Waals surface area contributed by atoms with Gasteiger partial charge in [0.2, 0.25) is 0 Å². The molecule has 4 rings (SSSR count). The summed E-state index contributed by atoms with van der Waals surface area (Å²) >= 11 is 1.71. The summed E-state index contributed by atoms with van der Waals surface area (Å²) in [5.41, 5.74) is 2.95. The Balaban J connectivity index is 0.00000210. The Kier molecular flexibility index (Phi) is 6.57. The first-order chi connectivity index (χ1) is 12.7. The van der Waals surface area contributed by atoms with Crippen molar-refractivity contribution in [2.75, 3.05) is 7.11 Å². The van der Waals surface area contributed by atoms with E-state index in [0.29, 0.717) is 17.9 Å². The molecule has 0 unspecified atom stereocenters. The van der Waals surface area contributed by atoms with Crippen LogP contribution in [0.25, 0.3) is 16.8 Å². The van der Waals surface area contributed by atoms with Crippen LogP contribution in [-0.4, -0.2) is 21.7 Å². The summed E-state index contributed by atoms with van der Waals surface area (Å²) in [6.45, 7) is 0.295. The number of hydrogen-bond acceptors (Lipinski definition) is 5. The summed E-state index contributed by atoms with van der Waals surface area (Å²) in [7, 11) is 1.58. The summed E-state index contributed by atoms with van der Waals surface area (Å²) in [6.07, 6.45) is 1.68. The van der Waals surface area contributed by atoms with Gasteiger partial charge in [0, 0.05) is 22.5 Å². The van der Waals surface area contributed by atoms with Crippen LogP contribution in [0.4, 0.5) is 0 Å². The molecule has 0 saturated heterocycles. The molecule has 5 nitrogen and oxygen atoms in total. The maximum Gasteiger partial charge on any atom is 1.00 e. The number of aromatic nitrogens is 3. The van der Waals surface area contributed by atoms with Gasteiger partial charge in [-0.3, -0.25) is 0 Å². The van der Waals surface area contributed by atoms with Crippen molar-refractivity contribution in [3.05, 3.63) is 72.6 Å². The van der Waals surface area contributed by atoms with Crippen LogP contribution in [0.5, 0.6) is 5.88 Å². The monoisotopic (exact) mass is 385 g/mol. The van der Waals surface area contributed by atoms with Crippen LogP contribution in [0.2, 0.25) is 0 Å². The fraction of sp³-hybridized carbons (Fsp3) is 0.100. The van der Waals surface area contributed by atoms with Crippen LogP contribution < -0.4 is 34.7 Å². The first kappa shape index (κ1) is 19.9. The van der Waals surface area contributed by atoms with E-state index in [1.807, 2.05) is 30.3 Å². The molecule has 130 valence electrons. The van der Waals surface area contributed by atoms with Crippen LogP contribution in [0.1, 0.15) is 5.69 Å². The summed E-state index contributed by atoms with van der Waals surface area (Å²) < 4.78 is 6.41. The second-order valence-corrected chi connectivity index (χ2v) is 6.90. The summed E-state index contributed by atoms with van der Waals surface area (Å²) in [4.78, 5) is 6.86. The molecule has 4 aromatic rings. The molecular formula is C20H16N3NaO2S. The van der Waals surface area contributed by atoms with Crippen LogP contribution in [0, 0.1) is 0 Å². The van der Waals surface area contributed by atoms with Crippen molar-refractivity contribution in [1.29, 1.82) is 0 Å². The van der Waals surface area contributed by atoms with Gasteiger partial charge in [0.15, 0.2) is 5.65 Å². The van der Waals surface area contributed by atoms with E-state index in [4.69, 9.17) is 4.74 Å². The van der Waals surface area contributed by atoms with E-state index >= 15 is 0 Å². The third-order valence-corrected chi connectivity index (χ3v) is 4.94. The smallest absolute Gasteiger partial charge is 0.858 e. The molecule has 0 saturated carbocycles. The van der Waals surface area contributed by atoms with E-state index in [0.717, 1.165) is 16.0 Å². The van der Waals surface area contributed by atoms with Crippen molar-refractivity contribution in [3.63, 3.8) is 0 Å². The number of rotatable bonds is 5. The maximum atomic E-state index is 12.2. The zero-order valence-electron chi connectivity index (χ0n) is 15.1. The minimum Gasteiger partial charge on any atom is -0.858 e. The molecule has 27 heavy (non-hydrogen) atoms. The normalized spacial score (nSPS) is 10.7. The summed E-state index contributed by atoms with van der Waals surface area (Å²) in [5.74, 6) is -0.204. The largest absolute Gasteiger partial charge is 1.00 e. The first-order valence-corrected chi connectivity index (χ1v) is 8.93. The van der Waals surface area contributed by atoms with Gasteiger partial charge in [0.25, 0.3) is 0 Å². The van der Waals surface area contributed by atoms with Crippen molar-refractivity contribution in [2.24, 2.45) is 0 Å². The molecule has 2 heterocycles. The quantitative estimate of drug-likeness (QED) is 0.475. The molecule has 0 bridgehead atoms. The zero-order valence-corrected chi connectivity index (χ0v) is 17.9. The van der Waals surface area contributed by atoms with E-state index < -0.39 is 0 Å². The fourth-order valence-electron chi connectivity index (χ4n) is 2.74. The van der Waals surface area contributed by atoms with Crippen molar-refractivity contribution in [3.8, 4) is 17.0 Å². The van der Waals surface area contributed by atoms with E-state index in [1.54, 1.807) is 25.1 Å². The zero-order chi connectivity index (χ0) is 17.9. The second kappa shape index (κ2) is 8.91. The number of nitrogens with zero attached hydrogens (tertiary/aromatic N) is 3. The maximum absolute atomic E-state index is 12.2. The summed E-state index contributed by atoms with van der Waals surface area (Å²) in [6, 6.07) is 19.9. The SMILES string of the molecule is COCc1cc([O-])n2ncc(-c3ccc(Sc4ccccc4)cc3)c2n1.[Na+]. The predicted molar refractivity (Wildman–Crippen MR) is 99.1 cm³/mol. The molecule has 0 atom stereocenters. The van der Waals surface area contributed by atoms with Crippen molar-refractivity contribution < 1.29 is 39.4 Å². The van der Waals surface area contributed by atoms with Gasteiger partial charge in [0.1, 0.15) is 0 Å². The molecular weight excluding hydrogens is 369 g/mol. The van der Waals surface area contributed by atoms with Crippen LogP contribution in [0.3, 0.4) is 0 Å². The Morgan fingerprint density at radius 2 is 1.74 bits per heavy atom. The number of hydrogen-bond donors (Lipinski definition) is 0. The van der Waals surface area contributed by atoms with Crippen LogP contribution in [0.15, 0.2) is 76.7 Å². The predicted octanol–water partition coefficient (Wildman–Crippen LogP) is 0.771. The van der Waals surface area contributed by atoms with Crippen LogP contribution >= 0.6 is 11.8 Å². The van der Waals surface area contributed by atoms with Gasteiger partial charge in [-0.15, -0.1) is 0 Å². The second-order valence-electron chi connectivity index (χ2n) is 5.75. The third kappa shape index (κ3) is 4.36. The first-order valence-electron chi connectivity index (χ1n) is 8.11. The van der Waals surface area contributed by atoms with Crippen LogP contribution in [-0.2, 0) is 11.3 Å². The van der Waals surface area contributed by atoms with Gasteiger partial charge in [-0.25, -0.2) is 9.50 Å². The van der Waals surface area contributed by atoms with Crippen molar-refractivity contribution in [1.82, 2.24) is 14.6 Å². The molecule has 7 heteroatoms. The molecule has 0 aliphatic heterocycles. The number of fused-ring (bicyclic) bond motifs is 1. The van der Waals surface area contributed by atoms with E-state index in [1.165, 1.54) is 15.5 Å². The van der Waals surface area contributed by atoms with E-state index in [9.17, 15) is 5.11 Å². The van der Waals surface area contributed by atoms with Gasteiger partial charge in [-0.1, -0.05) is 42.1 Å². The van der Waals surface area contributed by atoms with Gasteiger partial charge in [-0.2, -0.15) is 5.10 Å². The summed E-state index contributed by atoms with van der Waals surface area (Å²) in [5, 5.41) is 16.4.